The molecule has 0 saturated heterocycles. The molecule has 0 fully saturated rings. The number of thiophene rings is 1. The van der Waals surface area contributed by atoms with Crippen molar-refractivity contribution >= 4 is 27.4 Å². The Bertz CT molecular complexity index is 834. The zero-order valence-electron chi connectivity index (χ0n) is 12.8. The molecule has 2 heterocycles. The SMILES string of the molecule is Cc1ccc(Cc2nc(N)c3c(C)c(C)sc3n2)cc1C. The van der Waals surface area contributed by atoms with Crippen molar-refractivity contribution in [2.75, 3.05) is 5.73 Å². The van der Waals surface area contributed by atoms with E-state index >= 15 is 0 Å². The molecular formula is C17H19N3S. The molecule has 0 saturated carbocycles. The molecule has 0 atom stereocenters. The molecule has 0 aliphatic rings. The molecule has 2 N–H and O–H groups in total. The maximum atomic E-state index is 6.13. The fourth-order valence-corrected chi connectivity index (χ4v) is 3.56. The highest BCUT2D eigenvalue weighted by Gasteiger charge is 2.13. The highest BCUT2D eigenvalue weighted by Crippen LogP contribution is 2.32. The third-order valence-corrected chi connectivity index (χ3v) is 5.14. The van der Waals surface area contributed by atoms with Gasteiger partial charge in [0.15, 0.2) is 0 Å². The lowest BCUT2D eigenvalue weighted by molar-refractivity contribution is 0.998. The average Bonchev–Trinajstić information content (AvgIpc) is 2.70. The van der Waals surface area contributed by atoms with Gasteiger partial charge in [0.25, 0.3) is 0 Å². The van der Waals surface area contributed by atoms with Gasteiger partial charge in [0.05, 0.1) is 5.39 Å². The Morgan fingerprint density at radius 2 is 1.81 bits per heavy atom. The van der Waals surface area contributed by atoms with Crippen LogP contribution in [0.1, 0.15) is 33.0 Å². The van der Waals surface area contributed by atoms with Crippen LogP contribution in [0.25, 0.3) is 10.2 Å². The van der Waals surface area contributed by atoms with Crippen LogP contribution >= 0.6 is 11.3 Å². The maximum Gasteiger partial charge on any atom is 0.136 e. The molecular weight excluding hydrogens is 278 g/mol. The van der Waals surface area contributed by atoms with Gasteiger partial charge in [-0.1, -0.05) is 18.2 Å². The number of nitrogens with zero attached hydrogens (tertiary/aromatic N) is 2. The molecule has 0 unspecified atom stereocenters. The van der Waals surface area contributed by atoms with Crippen molar-refractivity contribution < 1.29 is 0 Å². The van der Waals surface area contributed by atoms with E-state index < -0.39 is 0 Å². The van der Waals surface area contributed by atoms with E-state index in [0.29, 0.717) is 5.82 Å². The van der Waals surface area contributed by atoms with Gasteiger partial charge in [0.2, 0.25) is 0 Å². The number of hydrogen-bond donors (Lipinski definition) is 1. The quantitative estimate of drug-likeness (QED) is 0.775. The Labute approximate surface area is 128 Å². The third kappa shape index (κ3) is 2.51. The molecule has 1 aromatic carbocycles. The minimum atomic E-state index is 0.598. The molecule has 2 aromatic heterocycles. The van der Waals surface area contributed by atoms with Gasteiger partial charge in [-0.25, -0.2) is 9.97 Å². The first-order chi connectivity index (χ1) is 9.95. The van der Waals surface area contributed by atoms with Crippen molar-refractivity contribution in [3.8, 4) is 0 Å². The van der Waals surface area contributed by atoms with Crippen LogP contribution in [0.2, 0.25) is 0 Å². The summed E-state index contributed by atoms with van der Waals surface area (Å²) in [5, 5.41) is 1.02. The van der Waals surface area contributed by atoms with E-state index in [4.69, 9.17) is 10.7 Å². The van der Waals surface area contributed by atoms with E-state index in [1.165, 1.54) is 27.1 Å². The second-order valence-corrected chi connectivity index (χ2v) is 6.79. The Morgan fingerprint density at radius 1 is 1.05 bits per heavy atom. The monoisotopic (exact) mass is 297 g/mol. The number of nitrogens with two attached hydrogens (primary N) is 1. The van der Waals surface area contributed by atoms with Crippen LogP contribution in [0.3, 0.4) is 0 Å². The zero-order valence-corrected chi connectivity index (χ0v) is 13.6. The first-order valence-electron chi connectivity index (χ1n) is 7.04. The minimum Gasteiger partial charge on any atom is -0.383 e. The topological polar surface area (TPSA) is 51.8 Å². The molecule has 0 spiro atoms. The van der Waals surface area contributed by atoms with E-state index in [2.05, 4.69) is 50.9 Å². The molecule has 0 radical (unpaired) electrons. The summed E-state index contributed by atoms with van der Waals surface area (Å²) in [6.45, 7) is 8.43. The predicted molar refractivity (Wildman–Crippen MR) is 90.0 cm³/mol. The van der Waals surface area contributed by atoms with Crippen molar-refractivity contribution in [1.82, 2.24) is 9.97 Å². The van der Waals surface area contributed by atoms with Gasteiger partial charge >= 0.3 is 0 Å². The van der Waals surface area contributed by atoms with Crippen LogP contribution in [-0.4, -0.2) is 9.97 Å². The molecule has 3 aromatic rings. The number of hydrogen-bond acceptors (Lipinski definition) is 4. The normalized spacial score (nSPS) is 11.2. The summed E-state index contributed by atoms with van der Waals surface area (Å²) in [5.41, 5.74) is 11.2. The van der Waals surface area contributed by atoms with E-state index in [0.717, 1.165) is 22.5 Å². The predicted octanol–water partition coefficient (Wildman–Crippen LogP) is 4.10. The molecule has 21 heavy (non-hydrogen) atoms. The standard InChI is InChI=1S/C17H19N3S/c1-9-5-6-13(7-10(9)2)8-14-19-16(18)15-11(3)12(4)21-17(15)20-14/h5-7H,8H2,1-4H3,(H2,18,19,20). The molecule has 0 aliphatic carbocycles. The molecule has 0 aliphatic heterocycles. The van der Waals surface area contributed by atoms with Crippen LogP contribution in [0.15, 0.2) is 18.2 Å². The van der Waals surface area contributed by atoms with Gasteiger partial charge in [0, 0.05) is 11.3 Å². The van der Waals surface area contributed by atoms with Gasteiger partial charge in [-0.2, -0.15) is 0 Å². The molecule has 0 amide bonds. The molecule has 3 rings (SSSR count). The highest BCUT2D eigenvalue weighted by molar-refractivity contribution is 7.18. The lowest BCUT2D eigenvalue weighted by Gasteiger charge is -2.06. The minimum absolute atomic E-state index is 0.598. The fraction of sp³-hybridized carbons (Fsp3) is 0.294. The number of rotatable bonds is 2. The lowest BCUT2D eigenvalue weighted by Crippen LogP contribution is -2.01. The summed E-state index contributed by atoms with van der Waals surface area (Å²) in [6, 6.07) is 6.48. The Hall–Kier alpha value is -1.94. The number of aromatic nitrogens is 2. The summed E-state index contributed by atoms with van der Waals surface area (Å²) in [5.74, 6) is 1.39. The van der Waals surface area contributed by atoms with Crippen LogP contribution in [0.4, 0.5) is 5.82 Å². The summed E-state index contributed by atoms with van der Waals surface area (Å²) < 4.78 is 0. The molecule has 108 valence electrons. The van der Waals surface area contributed by atoms with Crippen LogP contribution in [0.5, 0.6) is 0 Å². The summed E-state index contributed by atoms with van der Waals surface area (Å²) in [6.07, 6.45) is 0.719. The second kappa shape index (κ2) is 5.11. The van der Waals surface area contributed by atoms with E-state index in [1.807, 2.05) is 0 Å². The molecule has 3 nitrogen and oxygen atoms in total. The van der Waals surface area contributed by atoms with Crippen molar-refractivity contribution in [2.45, 2.75) is 34.1 Å². The first-order valence-corrected chi connectivity index (χ1v) is 7.85. The Kier molecular flexibility index (Phi) is 3.41. The van der Waals surface area contributed by atoms with Gasteiger partial charge in [-0.3, -0.25) is 0 Å². The summed E-state index contributed by atoms with van der Waals surface area (Å²) in [7, 11) is 0. The van der Waals surface area contributed by atoms with E-state index in [9.17, 15) is 0 Å². The van der Waals surface area contributed by atoms with E-state index in [1.54, 1.807) is 11.3 Å². The van der Waals surface area contributed by atoms with Crippen molar-refractivity contribution in [1.29, 1.82) is 0 Å². The van der Waals surface area contributed by atoms with Gasteiger partial charge in [0.1, 0.15) is 16.5 Å². The Balaban J connectivity index is 2.03. The zero-order chi connectivity index (χ0) is 15.1. The van der Waals surface area contributed by atoms with Crippen molar-refractivity contribution in [2.24, 2.45) is 0 Å². The van der Waals surface area contributed by atoms with Gasteiger partial charge < -0.3 is 5.73 Å². The highest BCUT2D eigenvalue weighted by atomic mass is 32.1. The summed E-state index contributed by atoms with van der Waals surface area (Å²) in [4.78, 5) is 11.4. The van der Waals surface area contributed by atoms with Gasteiger partial charge in [-0.15, -0.1) is 11.3 Å². The third-order valence-electron chi connectivity index (χ3n) is 4.04. The second-order valence-electron chi connectivity index (χ2n) is 5.58. The molecule has 0 bridgehead atoms. The van der Waals surface area contributed by atoms with Crippen LogP contribution in [0, 0.1) is 27.7 Å². The first kappa shape index (κ1) is 14.0. The number of aryl methyl sites for hydroxylation is 4. The van der Waals surface area contributed by atoms with E-state index in [-0.39, 0.29) is 0 Å². The number of fused-ring (bicyclic) bond motifs is 1. The lowest BCUT2D eigenvalue weighted by atomic mass is 10.0. The fourth-order valence-electron chi connectivity index (χ4n) is 2.50. The molecule has 4 heteroatoms. The van der Waals surface area contributed by atoms with Crippen molar-refractivity contribution in [3.63, 3.8) is 0 Å². The number of benzene rings is 1. The smallest absolute Gasteiger partial charge is 0.136 e. The van der Waals surface area contributed by atoms with Crippen molar-refractivity contribution in [3.05, 3.63) is 51.2 Å². The van der Waals surface area contributed by atoms with Gasteiger partial charge in [-0.05, 0) is 49.9 Å². The summed E-state index contributed by atoms with van der Waals surface area (Å²) >= 11 is 1.69. The maximum absolute atomic E-state index is 6.13. The number of nitrogen functional groups attached to an aromatic ring is 1. The average molecular weight is 297 g/mol. The number of anilines is 1. The van der Waals surface area contributed by atoms with Crippen LogP contribution < -0.4 is 5.73 Å². The van der Waals surface area contributed by atoms with Crippen LogP contribution in [-0.2, 0) is 6.42 Å². The Morgan fingerprint density at radius 3 is 2.52 bits per heavy atom. The largest absolute Gasteiger partial charge is 0.383 e.